The zero-order valence-electron chi connectivity index (χ0n) is 13.1. The van der Waals surface area contributed by atoms with Gasteiger partial charge in [-0.2, -0.15) is 0 Å². The van der Waals surface area contributed by atoms with E-state index in [1.54, 1.807) is 23.6 Å². The number of piperidine rings is 1. The molecule has 0 unspecified atom stereocenters. The number of aromatic nitrogens is 1. The summed E-state index contributed by atoms with van der Waals surface area (Å²) in [5, 5.41) is 8.51. The molecule has 2 N–H and O–H groups in total. The summed E-state index contributed by atoms with van der Waals surface area (Å²) in [6.07, 6.45) is 2.09. The molecule has 1 amide bonds. The second kappa shape index (κ2) is 6.76. The van der Waals surface area contributed by atoms with Gasteiger partial charge in [0.15, 0.2) is 0 Å². The molecule has 1 saturated heterocycles. The molecule has 3 rings (SSSR count). The third-order valence-electron chi connectivity index (χ3n) is 4.33. The lowest BCUT2D eigenvalue weighted by Crippen LogP contribution is -2.42. The van der Waals surface area contributed by atoms with Crippen LogP contribution in [0.5, 0.6) is 0 Å². The number of nitrogens with zero attached hydrogens (tertiary/aromatic N) is 1. The van der Waals surface area contributed by atoms with Gasteiger partial charge in [0.1, 0.15) is 16.5 Å². The lowest BCUT2D eigenvalue weighted by Gasteiger charge is -2.34. The first kappa shape index (κ1) is 16.1. The number of carbonyl (C=O) groups excluding carboxylic acids is 1. The molecule has 0 aliphatic carbocycles. The van der Waals surface area contributed by atoms with Crippen LogP contribution in [0.3, 0.4) is 0 Å². The zero-order valence-corrected chi connectivity index (χ0v) is 13.9. The van der Waals surface area contributed by atoms with E-state index in [4.69, 9.17) is 0 Å². The number of benzene rings is 1. The van der Waals surface area contributed by atoms with Gasteiger partial charge in [0.05, 0.1) is 0 Å². The minimum atomic E-state index is -0.323. The zero-order chi connectivity index (χ0) is 16.3. The Bertz CT molecular complexity index is 695. The number of thiazole rings is 1. The SMILES string of the molecule is CC1(CNC(=O)c2csc(-c3ccccc3F)n2)CCNCC1. The van der Waals surface area contributed by atoms with Crippen molar-refractivity contribution in [2.75, 3.05) is 19.6 Å². The molecule has 2 aromatic rings. The van der Waals surface area contributed by atoms with E-state index in [1.807, 2.05) is 0 Å². The van der Waals surface area contributed by atoms with Crippen LogP contribution in [0.15, 0.2) is 29.6 Å². The van der Waals surface area contributed by atoms with Crippen LogP contribution in [0.4, 0.5) is 4.39 Å². The van der Waals surface area contributed by atoms with Crippen LogP contribution in [0.2, 0.25) is 0 Å². The fourth-order valence-electron chi connectivity index (χ4n) is 2.73. The van der Waals surface area contributed by atoms with Gasteiger partial charge in [-0.05, 0) is 43.5 Å². The lowest BCUT2D eigenvalue weighted by atomic mass is 9.81. The fraction of sp³-hybridized carbons (Fsp3) is 0.412. The first-order valence-corrected chi connectivity index (χ1v) is 8.65. The number of rotatable bonds is 4. The van der Waals surface area contributed by atoms with E-state index in [2.05, 4.69) is 22.5 Å². The minimum absolute atomic E-state index is 0.130. The smallest absolute Gasteiger partial charge is 0.270 e. The molecule has 1 aliphatic rings. The second-order valence-electron chi connectivity index (χ2n) is 6.26. The van der Waals surface area contributed by atoms with Gasteiger partial charge in [0, 0.05) is 17.5 Å². The summed E-state index contributed by atoms with van der Waals surface area (Å²) in [4.78, 5) is 16.6. The topological polar surface area (TPSA) is 54.0 Å². The standard InChI is InChI=1S/C17H20FN3OS/c1-17(6-8-19-9-7-17)11-20-15(22)14-10-23-16(21-14)12-4-2-3-5-13(12)18/h2-5,10,19H,6-9,11H2,1H3,(H,20,22). The fourth-order valence-corrected chi connectivity index (χ4v) is 3.55. The van der Waals surface area contributed by atoms with Gasteiger partial charge in [-0.3, -0.25) is 4.79 Å². The molecule has 1 aromatic carbocycles. The molecule has 0 spiro atoms. The highest BCUT2D eigenvalue weighted by Gasteiger charge is 2.27. The summed E-state index contributed by atoms with van der Waals surface area (Å²) < 4.78 is 13.8. The Balaban J connectivity index is 1.66. The Kier molecular flexibility index (Phi) is 4.73. The number of nitrogens with one attached hydrogen (secondary N) is 2. The van der Waals surface area contributed by atoms with Crippen LogP contribution in [-0.2, 0) is 0 Å². The van der Waals surface area contributed by atoms with Crippen LogP contribution in [-0.4, -0.2) is 30.5 Å². The second-order valence-corrected chi connectivity index (χ2v) is 7.12. The number of carbonyl (C=O) groups is 1. The highest BCUT2D eigenvalue weighted by Crippen LogP contribution is 2.28. The number of halogens is 1. The Morgan fingerprint density at radius 3 is 2.87 bits per heavy atom. The maximum Gasteiger partial charge on any atom is 0.270 e. The van der Waals surface area contributed by atoms with Gasteiger partial charge in [-0.15, -0.1) is 11.3 Å². The molecule has 4 nitrogen and oxygen atoms in total. The van der Waals surface area contributed by atoms with E-state index in [9.17, 15) is 9.18 Å². The van der Waals surface area contributed by atoms with E-state index in [1.165, 1.54) is 17.4 Å². The van der Waals surface area contributed by atoms with Gasteiger partial charge < -0.3 is 10.6 Å². The quantitative estimate of drug-likeness (QED) is 0.904. The molecule has 6 heteroatoms. The third kappa shape index (κ3) is 3.76. The predicted molar refractivity (Wildman–Crippen MR) is 90.1 cm³/mol. The summed E-state index contributed by atoms with van der Waals surface area (Å²) in [6.45, 7) is 4.81. The normalized spacial score (nSPS) is 17.0. The number of amides is 1. The third-order valence-corrected chi connectivity index (χ3v) is 5.20. The number of hydrogen-bond acceptors (Lipinski definition) is 4. The minimum Gasteiger partial charge on any atom is -0.350 e. The van der Waals surface area contributed by atoms with Crippen molar-refractivity contribution in [3.8, 4) is 10.6 Å². The van der Waals surface area contributed by atoms with E-state index in [0.717, 1.165) is 25.9 Å². The van der Waals surface area contributed by atoms with Crippen molar-refractivity contribution in [1.82, 2.24) is 15.6 Å². The maximum absolute atomic E-state index is 13.8. The van der Waals surface area contributed by atoms with Crippen molar-refractivity contribution in [3.05, 3.63) is 41.2 Å². The molecule has 1 fully saturated rings. The van der Waals surface area contributed by atoms with E-state index >= 15 is 0 Å². The summed E-state index contributed by atoms with van der Waals surface area (Å²) in [5.41, 5.74) is 0.915. The van der Waals surface area contributed by atoms with Crippen LogP contribution < -0.4 is 10.6 Å². The Labute approximate surface area is 139 Å². The Morgan fingerprint density at radius 1 is 1.39 bits per heavy atom. The molecule has 2 heterocycles. The van der Waals surface area contributed by atoms with E-state index in [-0.39, 0.29) is 17.1 Å². The van der Waals surface area contributed by atoms with Crippen molar-refractivity contribution in [1.29, 1.82) is 0 Å². The van der Waals surface area contributed by atoms with Gasteiger partial charge in [0.2, 0.25) is 0 Å². The summed E-state index contributed by atoms with van der Waals surface area (Å²) in [6, 6.07) is 6.47. The van der Waals surface area contributed by atoms with Crippen LogP contribution in [0.1, 0.15) is 30.3 Å². The van der Waals surface area contributed by atoms with Gasteiger partial charge in [0.25, 0.3) is 5.91 Å². The predicted octanol–water partition coefficient (Wildman–Crippen LogP) is 3.07. The van der Waals surface area contributed by atoms with Gasteiger partial charge in [-0.1, -0.05) is 19.1 Å². The molecule has 1 aromatic heterocycles. The van der Waals surface area contributed by atoms with Crippen molar-refractivity contribution < 1.29 is 9.18 Å². The van der Waals surface area contributed by atoms with E-state index < -0.39 is 0 Å². The lowest BCUT2D eigenvalue weighted by molar-refractivity contribution is 0.0918. The number of hydrogen-bond donors (Lipinski definition) is 2. The molecule has 0 saturated carbocycles. The molecular weight excluding hydrogens is 313 g/mol. The van der Waals surface area contributed by atoms with Crippen LogP contribution >= 0.6 is 11.3 Å². The van der Waals surface area contributed by atoms with Gasteiger partial charge in [-0.25, -0.2) is 9.37 Å². The molecule has 0 radical (unpaired) electrons. The van der Waals surface area contributed by atoms with Crippen molar-refractivity contribution in [2.45, 2.75) is 19.8 Å². The molecule has 122 valence electrons. The van der Waals surface area contributed by atoms with Crippen molar-refractivity contribution >= 4 is 17.2 Å². The summed E-state index contributed by atoms with van der Waals surface area (Å²) in [5.74, 6) is -0.514. The monoisotopic (exact) mass is 333 g/mol. The van der Waals surface area contributed by atoms with Gasteiger partial charge >= 0.3 is 0 Å². The van der Waals surface area contributed by atoms with Crippen molar-refractivity contribution in [3.63, 3.8) is 0 Å². The first-order valence-electron chi connectivity index (χ1n) is 7.77. The first-order chi connectivity index (χ1) is 11.1. The van der Waals surface area contributed by atoms with E-state index in [0.29, 0.717) is 22.8 Å². The summed E-state index contributed by atoms with van der Waals surface area (Å²) in [7, 11) is 0. The highest BCUT2D eigenvalue weighted by atomic mass is 32.1. The van der Waals surface area contributed by atoms with Crippen LogP contribution in [0.25, 0.3) is 10.6 Å². The maximum atomic E-state index is 13.8. The summed E-state index contributed by atoms with van der Waals surface area (Å²) >= 11 is 1.28. The molecule has 0 atom stereocenters. The highest BCUT2D eigenvalue weighted by molar-refractivity contribution is 7.13. The molecule has 23 heavy (non-hydrogen) atoms. The molecular formula is C17H20FN3OS. The van der Waals surface area contributed by atoms with Crippen molar-refractivity contribution in [2.24, 2.45) is 5.41 Å². The average Bonchev–Trinajstić information content (AvgIpc) is 3.04. The Morgan fingerprint density at radius 2 is 2.13 bits per heavy atom. The largest absolute Gasteiger partial charge is 0.350 e. The Hall–Kier alpha value is -1.79. The molecule has 1 aliphatic heterocycles. The van der Waals surface area contributed by atoms with Crippen LogP contribution in [0, 0.1) is 11.2 Å². The average molecular weight is 333 g/mol. The molecule has 0 bridgehead atoms.